The maximum Gasteiger partial charge on any atom is 2.00 e. The van der Waals surface area contributed by atoms with E-state index in [2.05, 4.69) is 0 Å². The number of likely N-dealkylation sites (tertiary alicyclic amines) is 2. The van der Waals surface area contributed by atoms with Crippen molar-refractivity contribution in [3.05, 3.63) is 0 Å². The Morgan fingerprint density at radius 3 is 1.26 bits per heavy atom. The molecule has 0 aromatic heterocycles. The third-order valence-electron chi connectivity index (χ3n) is 2.59. The summed E-state index contributed by atoms with van der Waals surface area (Å²) in [5.41, 5.74) is 0. The van der Waals surface area contributed by atoms with Crippen LogP contribution in [0.5, 0.6) is 0 Å². The van der Waals surface area contributed by atoms with Crippen molar-refractivity contribution < 1.29 is 46.5 Å². The van der Waals surface area contributed by atoms with Gasteiger partial charge in [0.1, 0.15) is 12.2 Å². The van der Waals surface area contributed by atoms with Gasteiger partial charge in [0.25, 0.3) is 0 Å². The van der Waals surface area contributed by atoms with Crippen molar-refractivity contribution >= 4 is 24.0 Å². The Kier molecular flexibility index (Phi) is 7.10. The molecule has 0 aromatic carbocycles. The molecule has 109 valence electrons. The Bertz CT molecular complexity index is 350. The molecular formula is C10H12CuN2O6. The first-order chi connectivity index (χ1) is 8.43. The molecule has 0 atom stereocenters. The molecule has 0 unspecified atom stereocenters. The standard InChI is InChI=1S/2C5H7NO3.Cu/c2*7-4-2-1-3-6(4)5(8)9;/h2*1-3H2,(H,8,9);/q;;+2/p-2. The van der Waals surface area contributed by atoms with E-state index in [0.29, 0.717) is 38.8 Å². The number of carbonyl (C=O) groups excluding carboxylic acids is 4. The first kappa shape index (κ1) is 17.4. The average Bonchev–Trinajstić information content (AvgIpc) is 2.87. The molecule has 9 heteroatoms. The van der Waals surface area contributed by atoms with Gasteiger partial charge in [0.2, 0.25) is 11.8 Å². The Morgan fingerprint density at radius 1 is 0.842 bits per heavy atom. The number of hydrogen-bond acceptors (Lipinski definition) is 6. The normalized spacial score (nSPS) is 17.7. The monoisotopic (exact) mass is 319 g/mol. The van der Waals surface area contributed by atoms with E-state index in [4.69, 9.17) is 0 Å². The summed E-state index contributed by atoms with van der Waals surface area (Å²) < 4.78 is 0. The smallest absolute Gasteiger partial charge is 0.530 e. The molecule has 0 N–H and O–H groups in total. The van der Waals surface area contributed by atoms with Crippen LogP contribution in [0, 0.1) is 0 Å². The summed E-state index contributed by atoms with van der Waals surface area (Å²) in [5, 5.41) is 20.0. The second-order valence-electron chi connectivity index (χ2n) is 3.83. The fourth-order valence-electron chi connectivity index (χ4n) is 1.68. The van der Waals surface area contributed by atoms with Crippen molar-refractivity contribution in [2.24, 2.45) is 0 Å². The summed E-state index contributed by atoms with van der Waals surface area (Å²) >= 11 is 0. The molecular weight excluding hydrogens is 308 g/mol. The molecule has 0 aromatic rings. The van der Waals surface area contributed by atoms with Gasteiger partial charge in [-0.05, 0) is 12.8 Å². The molecule has 0 saturated carbocycles. The van der Waals surface area contributed by atoms with E-state index in [0.717, 1.165) is 9.80 Å². The van der Waals surface area contributed by atoms with Crippen LogP contribution in [0.3, 0.4) is 0 Å². The summed E-state index contributed by atoms with van der Waals surface area (Å²) in [6.45, 7) is 0.613. The van der Waals surface area contributed by atoms with Gasteiger partial charge in [-0.3, -0.25) is 19.4 Å². The first-order valence-corrected chi connectivity index (χ1v) is 5.46. The molecule has 2 saturated heterocycles. The minimum Gasteiger partial charge on any atom is -0.530 e. The van der Waals surface area contributed by atoms with Crippen molar-refractivity contribution in [2.45, 2.75) is 25.7 Å². The van der Waals surface area contributed by atoms with Gasteiger partial charge >= 0.3 is 17.1 Å². The molecule has 0 aliphatic carbocycles. The zero-order chi connectivity index (χ0) is 13.7. The van der Waals surface area contributed by atoms with E-state index in [1.165, 1.54) is 0 Å². The van der Waals surface area contributed by atoms with Gasteiger partial charge in [-0.2, -0.15) is 0 Å². The van der Waals surface area contributed by atoms with Crippen LogP contribution in [-0.2, 0) is 26.7 Å². The Morgan fingerprint density at radius 2 is 1.16 bits per heavy atom. The number of hydrogen-bond donors (Lipinski definition) is 0. The number of imide groups is 2. The minimum absolute atomic E-state index is 0. The van der Waals surface area contributed by atoms with Crippen molar-refractivity contribution in [2.75, 3.05) is 13.1 Å². The average molecular weight is 320 g/mol. The fraction of sp³-hybridized carbons (Fsp3) is 0.600. The van der Waals surface area contributed by atoms with Gasteiger partial charge in [0.05, 0.1) is 0 Å². The zero-order valence-corrected chi connectivity index (χ0v) is 10.8. The molecule has 0 spiro atoms. The topological polar surface area (TPSA) is 121 Å². The molecule has 2 rings (SSSR count). The van der Waals surface area contributed by atoms with E-state index in [-0.39, 0.29) is 28.9 Å². The van der Waals surface area contributed by atoms with Gasteiger partial charge in [0.15, 0.2) is 0 Å². The van der Waals surface area contributed by atoms with Crippen LogP contribution >= 0.6 is 0 Å². The van der Waals surface area contributed by atoms with Crippen molar-refractivity contribution in [3.8, 4) is 0 Å². The molecule has 4 amide bonds. The summed E-state index contributed by atoms with van der Waals surface area (Å²) in [4.78, 5) is 42.5. The summed E-state index contributed by atoms with van der Waals surface area (Å²) in [6.07, 6.45) is -0.809. The minimum atomic E-state index is -1.38. The largest absolute Gasteiger partial charge is 2.00 e. The van der Waals surface area contributed by atoms with Crippen molar-refractivity contribution in [1.29, 1.82) is 0 Å². The molecule has 2 aliphatic rings. The number of carboxylic acid groups (broad SMARTS) is 2. The molecule has 1 radical (unpaired) electrons. The molecule has 0 bridgehead atoms. The van der Waals surface area contributed by atoms with Crippen molar-refractivity contribution in [3.63, 3.8) is 0 Å². The number of nitrogens with zero attached hydrogens (tertiary/aromatic N) is 2. The number of rotatable bonds is 0. The predicted octanol–water partition coefficient (Wildman–Crippen LogP) is -2.10. The van der Waals surface area contributed by atoms with Crippen LogP contribution in [0.25, 0.3) is 0 Å². The second-order valence-corrected chi connectivity index (χ2v) is 3.83. The molecule has 8 nitrogen and oxygen atoms in total. The molecule has 19 heavy (non-hydrogen) atoms. The molecule has 2 heterocycles. The van der Waals surface area contributed by atoms with E-state index in [9.17, 15) is 29.4 Å². The van der Waals surface area contributed by atoms with Gasteiger partial charge in [0, 0.05) is 25.9 Å². The van der Waals surface area contributed by atoms with Crippen LogP contribution in [0.4, 0.5) is 9.59 Å². The maximum atomic E-state index is 10.5. The van der Waals surface area contributed by atoms with Gasteiger partial charge < -0.3 is 19.8 Å². The molecule has 2 aliphatic heterocycles. The van der Waals surface area contributed by atoms with E-state index >= 15 is 0 Å². The van der Waals surface area contributed by atoms with E-state index in [1.807, 2.05) is 0 Å². The third kappa shape index (κ3) is 4.88. The number of amides is 4. The van der Waals surface area contributed by atoms with Gasteiger partial charge in [-0.1, -0.05) is 0 Å². The van der Waals surface area contributed by atoms with Crippen LogP contribution < -0.4 is 10.2 Å². The number of carbonyl (C=O) groups is 4. The summed E-state index contributed by atoms with van der Waals surface area (Å²) in [6, 6.07) is 0. The van der Waals surface area contributed by atoms with Crippen LogP contribution in [0.15, 0.2) is 0 Å². The molecule has 2 fully saturated rings. The maximum absolute atomic E-state index is 10.5. The second kappa shape index (κ2) is 7.75. The SMILES string of the molecule is O=C([O-])N1CCCC1=O.O=C([O-])N1CCCC1=O.[Cu+2]. The zero-order valence-electron chi connectivity index (χ0n) is 9.89. The Labute approximate surface area is 119 Å². The quantitative estimate of drug-likeness (QED) is 0.472. The predicted molar refractivity (Wildman–Crippen MR) is 52.7 cm³/mol. The van der Waals surface area contributed by atoms with E-state index in [1.54, 1.807) is 0 Å². The Hall–Kier alpha value is -1.60. The van der Waals surface area contributed by atoms with Crippen molar-refractivity contribution in [1.82, 2.24) is 9.80 Å². The van der Waals surface area contributed by atoms with Crippen LogP contribution in [0.1, 0.15) is 25.7 Å². The first-order valence-electron chi connectivity index (χ1n) is 5.46. The van der Waals surface area contributed by atoms with E-state index < -0.39 is 12.2 Å². The van der Waals surface area contributed by atoms with Gasteiger partial charge in [-0.15, -0.1) is 0 Å². The third-order valence-corrected chi connectivity index (χ3v) is 2.59. The summed E-state index contributed by atoms with van der Waals surface area (Å²) in [7, 11) is 0. The Balaban J connectivity index is 0.000000324. The summed E-state index contributed by atoms with van der Waals surface area (Å²) in [5.74, 6) is -0.676. The fourth-order valence-corrected chi connectivity index (χ4v) is 1.68. The van der Waals surface area contributed by atoms with Crippen LogP contribution in [0.2, 0.25) is 0 Å². The van der Waals surface area contributed by atoms with Crippen LogP contribution in [-0.4, -0.2) is 46.9 Å². The van der Waals surface area contributed by atoms with Gasteiger partial charge in [-0.25, -0.2) is 0 Å².